The normalized spacial score (nSPS) is 17.7. The Hall–Kier alpha value is -2.23. The van der Waals surface area contributed by atoms with Crippen LogP contribution < -0.4 is 11.3 Å². The van der Waals surface area contributed by atoms with E-state index in [0.717, 1.165) is 19.3 Å². The minimum absolute atomic E-state index is 0.0879. The second-order valence-electron chi connectivity index (χ2n) is 7.32. The van der Waals surface area contributed by atoms with E-state index < -0.39 is 15.6 Å². The van der Waals surface area contributed by atoms with Crippen molar-refractivity contribution in [1.29, 1.82) is 0 Å². The molecule has 1 aromatic carbocycles. The fourth-order valence-electron chi connectivity index (χ4n) is 3.46. The van der Waals surface area contributed by atoms with Crippen LogP contribution in [0.2, 0.25) is 0 Å². The molecule has 1 saturated heterocycles. The summed E-state index contributed by atoms with van der Waals surface area (Å²) in [7, 11) is -3.75. The van der Waals surface area contributed by atoms with Gasteiger partial charge in [0.2, 0.25) is 10.0 Å². The number of fused-ring (bicyclic) bond motifs is 1. The van der Waals surface area contributed by atoms with Crippen molar-refractivity contribution >= 4 is 26.8 Å². The molecule has 1 atom stereocenters. The van der Waals surface area contributed by atoms with Crippen LogP contribution in [-0.2, 0) is 26.3 Å². The summed E-state index contributed by atoms with van der Waals surface area (Å²) in [4.78, 5) is 24.7. The van der Waals surface area contributed by atoms with Crippen molar-refractivity contribution in [2.75, 3.05) is 13.1 Å². The molecule has 1 fully saturated rings. The van der Waals surface area contributed by atoms with Gasteiger partial charge in [-0.05, 0) is 31.0 Å². The molecule has 1 aromatic heterocycles. The molecule has 158 valence electrons. The molecule has 9 heteroatoms. The van der Waals surface area contributed by atoms with Crippen LogP contribution in [0.1, 0.15) is 39.0 Å². The van der Waals surface area contributed by atoms with Gasteiger partial charge in [0, 0.05) is 42.5 Å². The molecule has 3 rings (SSSR count). The molecule has 1 aliphatic heterocycles. The molecule has 2 aromatic rings. The van der Waals surface area contributed by atoms with Crippen molar-refractivity contribution in [2.45, 2.75) is 56.7 Å². The number of carbonyl (C=O) groups is 1. The van der Waals surface area contributed by atoms with E-state index in [1.807, 2.05) is 6.92 Å². The highest BCUT2D eigenvalue weighted by molar-refractivity contribution is 7.89. The van der Waals surface area contributed by atoms with E-state index in [1.54, 1.807) is 18.2 Å². The number of sulfonamides is 1. The van der Waals surface area contributed by atoms with E-state index in [9.17, 15) is 18.0 Å². The van der Waals surface area contributed by atoms with Crippen LogP contribution in [0.4, 0.5) is 0 Å². The number of nitrogens with zero attached hydrogens (tertiary/aromatic N) is 2. The Labute approximate surface area is 170 Å². The molecule has 0 unspecified atom stereocenters. The minimum Gasteiger partial charge on any atom is -0.444 e. The van der Waals surface area contributed by atoms with Gasteiger partial charge < -0.3 is 10.5 Å². The number of benzene rings is 1. The number of rotatable bonds is 8. The third-order valence-corrected chi connectivity index (χ3v) is 7.06. The van der Waals surface area contributed by atoms with E-state index in [1.165, 1.54) is 21.1 Å². The van der Waals surface area contributed by atoms with Crippen molar-refractivity contribution in [2.24, 2.45) is 5.73 Å². The average molecular weight is 422 g/mol. The van der Waals surface area contributed by atoms with Gasteiger partial charge in [0.1, 0.15) is 0 Å². The Balaban J connectivity index is 1.85. The van der Waals surface area contributed by atoms with Crippen molar-refractivity contribution in [1.82, 2.24) is 8.87 Å². The Kier molecular flexibility index (Phi) is 6.71. The summed E-state index contributed by atoms with van der Waals surface area (Å²) in [5.74, 6) is -0.354. The van der Waals surface area contributed by atoms with E-state index in [-0.39, 0.29) is 35.6 Å². The molecule has 0 bridgehead atoms. The van der Waals surface area contributed by atoms with Crippen LogP contribution in [0, 0.1) is 0 Å². The molecule has 2 heterocycles. The molecule has 0 saturated carbocycles. The first kappa shape index (κ1) is 21.5. The Morgan fingerprint density at radius 2 is 2.03 bits per heavy atom. The first-order valence-corrected chi connectivity index (χ1v) is 11.3. The highest BCUT2D eigenvalue weighted by atomic mass is 32.2. The molecule has 2 N–H and O–H groups in total. The van der Waals surface area contributed by atoms with Gasteiger partial charge in [0.25, 0.3) is 5.56 Å². The molecule has 8 nitrogen and oxygen atoms in total. The standard InChI is InChI=1S/C20H27N3O5S/c1-2-3-4-8-19(24)28-14-22-11-10-16-17(20(22)25)6-5-7-18(16)29(26,27)23-12-9-15(21)13-23/h5-7,10-11,15H,2-4,8-9,12-14,21H2,1H3/t15-/m0/s1. The summed E-state index contributed by atoms with van der Waals surface area (Å²) < 4.78 is 33.8. The number of nitrogens with two attached hydrogens (primary N) is 1. The lowest BCUT2D eigenvalue weighted by molar-refractivity contribution is -0.147. The molecule has 29 heavy (non-hydrogen) atoms. The summed E-state index contributed by atoms with van der Waals surface area (Å²) in [6, 6.07) is 6.02. The lowest BCUT2D eigenvalue weighted by Gasteiger charge is -2.17. The largest absolute Gasteiger partial charge is 0.444 e. The minimum atomic E-state index is -3.75. The van der Waals surface area contributed by atoms with Gasteiger partial charge in [-0.1, -0.05) is 25.8 Å². The van der Waals surface area contributed by atoms with Gasteiger partial charge in [-0.15, -0.1) is 0 Å². The predicted molar refractivity (Wildman–Crippen MR) is 110 cm³/mol. The summed E-state index contributed by atoms with van der Waals surface area (Å²) >= 11 is 0. The highest BCUT2D eigenvalue weighted by Crippen LogP contribution is 2.26. The van der Waals surface area contributed by atoms with Gasteiger partial charge in [-0.3, -0.25) is 14.2 Å². The Morgan fingerprint density at radius 3 is 2.72 bits per heavy atom. The predicted octanol–water partition coefficient (Wildman–Crippen LogP) is 1.80. The summed E-state index contributed by atoms with van der Waals surface area (Å²) in [5.41, 5.74) is 5.45. The van der Waals surface area contributed by atoms with Gasteiger partial charge in [-0.25, -0.2) is 8.42 Å². The zero-order valence-corrected chi connectivity index (χ0v) is 17.4. The van der Waals surface area contributed by atoms with Crippen LogP contribution in [0.3, 0.4) is 0 Å². The maximum Gasteiger partial charge on any atom is 0.307 e. The number of pyridine rings is 1. The molecule has 0 aliphatic carbocycles. The van der Waals surface area contributed by atoms with Gasteiger partial charge in [0.15, 0.2) is 6.73 Å². The molecule has 0 amide bonds. The molecule has 0 spiro atoms. The number of aromatic nitrogens is 1. The fourth-order valence-corrected chi connectivity index (χ4v) is 5.18. The molecular formula is C20H27N3O5S. The lowest BCUT2D eigenvalue weighted by atomic mass is 10.2. The SMILES string of the molecule is CCCCCC(=O)OCn1ccc2c(S(=O)(=O)N3CC[C@H](N)C3)cccc2c1=O. The van der Waals surface area contributed by atoms with Crippen LogP contribution in [-0.4, -0.2) is 42.4 Å². The Morgan fingerprint density at radius 1 is 1.24 bits per heavy atom. The highest BCUT2D eigenvalue weighted by Gasteiger charge is 2.32. The quantitative estimate of drug-likeness (QED) is 0.514. The number of hydrogen-bond donors (Lipinski definition) is 1. The van der Waals surface area contributed by atoms with Crippen molar-refractivity contribution < 1.29 is 17.9 Å². The first-order chi connectivity index (χ1) is 13.8. The number of esters is 1. The van der Waals surface area contributed by atoms with Crippen molar-refractivity contribution in [3.8, 4) is 0 Å². The zero-order chi connectivity index (χ0) is 21.0. The second kappa shape index (κ2) is 9.06. The number of hydrogen-bond acceptors (Lipinski definition) is 6. The smallest absolute Gasteiger partial charge is 0.307 e. The van der Waals surface area contributed by atoms with E-state index in [4.69, 9.17) is 10.5 Å². The third kappa shape index (κ3) is 4.68. The monoisotopic (exact) mass is 421 g/mol. The molecule has 1 aliphatic rings. The molecular weight excluding hydrogens is 394 g/mol. The van der Waals surface area contributed by atoms with Crippen molar-refractivity contribution in [3.63, 3.8) is 0 Å². The zero-order valence-electron chi connectivity index (χ0n) is 16.5. The topological polar surface area (TPSA) is 112 Å². The van der Waals surface area contributed by atoms with Crippen LogP contribution in [0.15, 0.2) is 40.2 Å². The summed E-state index contributed by atoms with van der Waals surface area (Å²) in [5, 5.41) is 0.614. The second-order valence-corrected chi connectivity index (χ2v) is 9.23. The third-order valence-electron chi connectivity index (χ3n) is 5.13. The number of carbonyl (C=O) groups excluding carboxylic acids is 1. The molecule has 0 radical (unpaired) electrons. The Bertz CT molecular complexity index is 1050. The fraction of sp³-hybridized carbons (Fsp3) is 0.500. The summed E-state index contributed by atoms with van der Waals surface area (Å²) in [6.07, 6.45) is 5.09. The maximum atomic E-state index is 13.0. The summed E-state index contributed by atoms with van der Waals surface area (Å²) in [6.45, 7) is 2.49. The van der Waals surface area contributed by atoms with E-state index >= 15 is 0 Å². The average Bonchev–Trinajstić information content (AvgIpc) is 3.14. The number of ether oxygens (including phenoxy) is 1. The number of unbranched alkanes of at least 4 members (excludes halogenated alkanes) is 2. The van der Waals surface area contributed by atoms with Gasteiger partial charge >= 0.3 is 5.97 Å². The van der Waals surface area contributed by atoms with Crippen LogP contribution in [0.25, 0.3) is 10.8 Å². The van der Waals surface area contributed by atoms with Gasteiger partial charge in [0.05, 0.1) is 4.90 Å². The van der Waals surface area contributed by atoms with Gasteiger partial charge in [-0.2, -0.15) is 4.31 Å². The van der Waals surface area contributed by atoms with Crippen LogP contribution in [0.5, 0.6) is 0 Å². The lowest BCUT2D eigenvalue weighted by Crippen LogP contribution is -2.32. The maximum absolute atomic E-state index is 13.0. The van der Waals surface area contributed by atoms with Crippen LogP contribution >= 0.6 is 0 Å². The first-order valence-electron chi connectivity index (χ1n) is 9.88. The van der Waals surface area contributed by atoms with E-state index in [0.29, 0.717) is 24.8 Å². The van der Waals surface area contributed by atoms with E-state index in [2.05, 4.69) is 0 Å². The van der Waals surface area contributed by atoms with Crippen molar-refractivity contribution in [3.05, 3.63) is 40.8 Å².